The van der Waals surface area contributed by atoms with Crippen molar-refractivity contribution in [2.45, 2.75) is 43.6 Å². The maximum Gasteiger partial charge on any atom is 0.186 e. The van der Waals surface area contributed by atoms with Crippen molar-refractivity contribution >= 4 is 11.8 Å². The summed E-state index contributed by atoms with van der Waals surface area (Å²) in [6, 6.07) is 0.590. The molecule has 0 aliphatic heterocycles. The van der Waals surface area contributed by atoms with E-state index in [0.29, 0.717) is 11.3 Å². The van der Waals surface area contributed by atoms with E-state index in [1.807, 2.05) is 11.7 Å². The van der Waals surface area contributed by atoms with Gasteiger partial charge in [0.15, 0.2) is 5.16 Å². The Hall–Kier alpha value is -0.550. The average Bonchev–Trinajstić information content (AvgIpc) is 2.61. The molecule has 2 atom stereocenters. The van der Waals surface area contributed by atoms with Crippen molar-refractivity contribution < 1.29 is 0 Å². The van der Waals surface area contributed by atoms with E-state index in [9.17, 15) is 0 Å². The van der Waals surface area contributed by atoms with Crippen LogP contribution < -0.4 is 5.32 Å². The van der Waals surface area contributed by atoms with Gasteiger partial charge in [-0.2, -0.15) is 5.10 Å². The molecule has 2 unspecified atom stereocenters. The van der Waals surface area contributed by atoms with E-state index in [0.717, 1.165) is 11.7 Å². The van der Waals surface area contributed by atoms with Gasteiger partial charge in [0.2, 0.25) is 0 Å². The molecule has 1 aromatic heterocycles. The molecule has 4 nitrogen and oxygen atoms in total. The van der Waals surface area contributed by atoms with E-state index in [-0.39, 0.29) is 0 Å². The molecule has 15 heavy (non-hydrogen) atoms. The Labute approximate surface area is 95.9 Å². The maximum absolute atomic E-state index is 4.19. The molecule has 1 rings (SSSR count). The number of nitrogens with one attached hydrogen (secondary N) is 1. The molecule has 1 N–H and O–H groups in total. The minimum atomic E-state index is 0.516. The van der Waals surface area contributed by atoms with E-state index in [1.165, 1.54) is 6.42 Å². The van der Waals surface area contributed by atoms with E-state index in [4.69, 9.17) is 0 Å². The molecule has 5 heteroatoms. The lowest BCUT2D eigenvalue weighted by atomic mass is 10.2. The van der Waals surface area contributed by atoms with Gasteiger partial charge in [-0.3, -0.25) is 0 Å². The standard InChI is InChI=1S/C10H20N4S/c1-5-8(2)11-6-9(3)15-10-12-7-13-14(10)4/h7-9,11H,5-6H2,1-4H3. The van der Waals surface area contributed by atoms with Crippen molar-refractivity contribution in [3.8, 4) is 0 Å². The van der Waals surface area contributed by atoms with Crippen LogP contribution in [0.2, 0.25) is 0 Å². The summed E-state index contributed by atoms with van der Waals surface area (Å²) in [5.41, 5.74) is 0. The third-order valence-electron chi connectivity index (χ3n) is 2.34. The molecular formula is C10H20N4S. The zero-order valence-electron chi connectivity index (χ0n) is 9.90. The second-order valence-corrected chi connectivity index (χ2v) is 5.22. The van der Waals surface area contributed by atoms with Gasteiger partial charge in [0.05, 0.1) is 0 Å². The SMILES string of the molecule is CCC(C)NCC(C)Sc1ncnn1C. The second kappa shape index (κ2) is 6.12. The molecule has 0 aliphatic carbocycles. The Balaban J connectivity index is 2.30. The van der Waals surface area contributed by atoms with Gasteiger partial charge in [-0.25, -0.2) is 9.67 Å². The molecule has 1 aromatic rings. The lowest BCUT2D eigenvalue weighted by Crippen LogP contribution is -2.30. The second-order valence-electron chi connectivity index (χ2n) is 3.81. The predicted molar refractivity (Wildman–Crippen MR) is 64.1 cm³/mol. The summed E-state index contributed by atoms with van der Waals surface area (Å²) < 4.78 is 1.81. The largest absolute Gasteiger partial charge is 0.313 e. The Morgan fingerprint density at radius 3 is 2.80 bits per heavy atom. The Morgan fingerprint density at radius 1 is 1.53 bits per heavy atom. The summed E-state index contributed by atoms with van der Waals surface area (Å²) in [5.74, 6) is 0. The van der Waals surface area contributed by atoms with Gasteiger partial charge >= 0.3 is 0 Å². The maximum atomic E-state index is 4.19. The molecule has 0 aromatic carbocycles. The highest BCUT2D eigenvalue weighted by atomic mass is 32.2. The summed E-state index contributed by atoms with van der Waals surface area (Å²) >= 11 is 1.76. The average molecular weight is 228 g/mol. The normalized spacial score (nSPS) is 15.2. The first kappa shape index (κ1) is 12.5. The predicted octanol–water partition coefficient (Wildman–Crippen LogP) is 1.68. The molecule has 0 bridgehead atoms. The number of rotatable bonds is 6. The van der Waals surface area contributed by atoms with Crippen molar-refractivity contribution in [1.82, 2.24) is 20.1 Å². The zero-order chi connectivity index (χ0) is 11.3. The van der Waals surface area contributed by atoms with Crippen LogP contribution in [-0.4, -0.2) is 32.6 Å². The highest BCUT2D eigenvalue weighted by molar-refractivity contribution is 7.99. The monoisotopic (exact) mass is 228 g/mol. The highest BCUT2D eigenvalue weighted by Gasteiger charge is 2.09. The van der Waals surface area contributed by atoms with Crippen LogP contribution in [0.5, 0.6) is 0 Å². The molecule has 0 saturated carbocycles. The van der Waals surface area contributed by atoms with Crippen LogP contribution in [0.4, 0.5) is 0 Å². The molecular weight excluding hydrogens is 208 g/mol. The molecule has 0 amide bonds. The van der Waals surface area contributed by atoms with Crippen molar-refractivity contribution in [2.24, 2.45) is 7.05 Å². The Kier molecular flexibility index (Phi) is 5.11. The van der Waals surface area contributed by atoms with Gasteiger partial charge in [0.25, 0.3) is 0 Å². The van der Waals surface area contributed by atoms with Gasteiger partial charge in [0.1, 0.15) is 6.33 Å². The van der Waals surface area contributed by atoms with E-state index < -0.39 is 0 Å². The van der Waals surface area contributed by atoms with Gasteiger partial charge in [-0.05, 0) is 13.3 Å². The number of hydrogen-bond acceptors (Lipinski definition) is 4. The minimum absolute atomic E-state index is 0.516. The first-order valence-corrected chi connectivity index (χ1v) is 6.25. The Bertz CT molecular complexity index is 287. The van der Waals surface area contributed by atoms with Crippen LogP contribution >= 0.6 is 11.8 Å². The summed E-state index contributed by atoms with van der Waals surface area (Å²) in [5, 5.41) is 9.03. The quantitative estimate of drug-likeness (QED) is 0.752. The molecule has 0 saturated heterocycles. The third kappa shape index (κ3) is 4.22. The number of thioether (sulfide) groups is 1. The lowest BCUT2D eigenvalue weighted by molar-refractivity contribution is 0.536. The van der Waals surface area contributed by atoms with Crippen LogP contribution in [0.15, 0.2) is 11.5 Å². The number of hydrogen-bond donors (Lipinski definition) is 1. The van der Waals surface area contributed by atoms with Crippen LogP contribution in [0.1, 0.15) is 27.2 Å². The van der Waals surface area contributed by atoms with Gasteiger partial charge in [-0.1, -0.05) is 25.6 Å². The van der Waals surface area contributed by atoms with Crippen molar-refractivity contribution in [3.63, 3.8) is 0 Å². The fourth-order valence-corrected chi connectivity index (χ4v) is 1.97. The van der Waals surface area contributed by atoms with Crippen LogP contribution in [0, 0.1) is 0 Å². The molecule has 0 fully saturated rings. The molecule has 1 heterocycles. The van der Waals surface area contributed by atoms with Crippen LogP contribution in [0.3, 0.4) is 0 Å². The molecule has 0 radical (unpaired) electrons. The summed E-state index contributed by atoms with van der Waals surface area (Å²) in [7, 11) is 1.92. The van der Waals surface area contributed by atoms with E-state index in [2.05, 4.69) is 36.2 Å². The van der Waals surface area contributed by atoms with Crippen molar-refractivity contribution in [2.75, 3.05) is 6.54 Å². The summed E-state index contributed by atoms with van der Waals surface area (Å²) in [4.78, 5) is 4.19. The minimum Gasteiger partial charge on any atom is -0.313 e. The number of aromatic nitrogens is 3. The summed E-state index contributed by atoms with van der Waals surface area (Å²) in [6.45, 7) is 7.61. The lowest BCUT2D eigenvalue weighted by Gasteiger charge is -2.15. The fraction of sp³-hybridized carbons (Fsp3) is 0.800. The van der Waals surface area contributed by atoms with Crippen molar-refractivity contribution in [1.29, 1.82) is 0 Å². The van der Waals surface area contributed by atoms with Crippen LogP contribution in [0.25, 0.3) is 0 Å². The third-order valence-corrected chi connectivity index (χ3v) is 3.49. The number of aryl methyl sites for hydroxylation is 1. The van der Waals surface area contributed by atoms with E-state index in [1.54, 1.807) is 18.1 Å². The fourth-order valence-electron chi connectivity index (χ4n) is 1.13. The van der Waals surface area contributed by atoms with Gasteiger partial charge in [-0.15, -0.1) is 0 Å². The number of nitrogens with zero attached hydrogens (tertiary/aromatic N) is 3. The molecule has 86 valence electrons. The van der Waals surface area contributed by atoms with Crippen LogP contribution in [-0.2, 0) is 7.05 Å². The smallest absolute Gasteiger partial charge is 0.186 e. The van der Waals surface area contributed by atoms with E-state index >= 15 is 0 Å². The summed E-state index contributed by atoms with van der Waals surface area (Å²) in [6.07, 6.45) is 2.76. The zero-order valence-corrected chi connectivity index (χ0v) is 10.7. The van der Waals surface area contributed by atoms with Gasteiger partial charge < -0.3 is 5.32 Å². The van der Waals surface area contributed by atoms with Crippen molar-refractivity contribution in [3.05, 3.63) is 6.33 Å². The first-order chi connectivity index (χ1) is 7.13. The topological polar surface area (TPSA) is 42.7 Å². The Morgan fingerprint density at radius 2 is 2.27 bits per heavy atom. The molecule has 0 aliphatic rings. The molecule has 0 spiro atoms. The van der Waals surface area contributed by atoms with Gasteiger partial charge in [0, 0.05) is 24.9 Å². The first-order valence-electron chi connectivity index (χ1n) is 5.37. The highest BCUT2D eigenvalue weighted by Crippen LogP contribution is 2.19.